The van der Waals surface area contributed by atoms with E-state index >= 15 is 0 Å². The van der Waals surface area contributed by atoms with Gasteiger partial charge in [0.25, 0.3) is 11.8 Å². The summed E-state index contributed by atoms with van der Waals surface area (Å²) in [7, 11) is 0. The second kappa shape index (κ2) is 4.94. The van der Waals surface area contributed by atoms with Crippen LogP contribution in [0, 0.1) is 11.6 Å². The Morgan fingerprint density at radius 3 is 1.80 bits per heavy atom. The van der Waals surface area contributed by atoms with Gasteiger partial charge in [0.15, 0.2) is 11.6 Å². The SMILES string of the molecule is CCC(N)(CC)CN1C(=O)c2cc(F)c(F)cc2C1=O. The van der Waals surface area contributed by atoms with E-state index in [1.807, 2.05) is 13.8 Å². The summed E-state index contributed by atoms with van der Waals surface area (Å²) in [6.45, 7) is 3.76. The zero-order chi connectivity index (χ0) is 15.1. The lowest BCUT2D eigenvalue weighted by atomic mass is 9.93. The Morgan fingerprint density at radius 1 is 1.05 bits per heavy atom. The van der Waals surface area contributed by atoms with Crippen LogP contribution in [0.15, 0.2) is 12.1 Å². The van der Waals surface area contributed by atoms with E-state index in [9.17, 15) is 18.4 Å². The van der Waals surface area contributed by atoms with Crippen LogP contribution in [0.3, 0.4) is 0 Å². The molecule has 0 aliphatic carbocycles. The minimum Gasteiger partial charge on any atom is -0.324 e. The number of imide groups is 1. The van der Waals surface area contributed by atoms with Crippen molar-refractivity contribution in [2.24, 2.45) is 5.73 Å². The van der Waals surface area contributed by atoms with Crippen LogP contribution in [0.5, 0.6) is 0 Å². The highest BCUT2D eigenvalue weighted by Gasteiger charge is 2.40. The third kappa shape index (κ3) is 2.20. The molecular formula is C14H16F2N2O2. The highest BCUT2D eigenvalue weighted by molar-refractivity contribution is 6.21. The molecule has 108 valence electrons. The summed E-state index contributed by atoms with van der Waals surface area (Å²) in [6, 6.07) is 1.53. The summed E-state index contributed by atoms with van der Waals surface area (Å²) >= 11 is 0. The first kappa shape index (κ1) is 14.6. The smallest absolute Gasteiger partial charge is 0.261 e. The molecular weight excluding hydrogens is 266 g/mol. The molecule has 2 N–H and O–H groups in total. The van der Waals surface area contributed by atoms with Crippen LogP contribution in [-0.4, -0.2) is 28.8 Å². The summed E-state index contributed by atoms with van der Waals surface area (Å²) in [5, 5.41) is 0. The van der Waals surface area contributed by atoms with Crippen molar-refractivity contribution >= 4 is 11.8 Å². The molecule has 0 saturated carbocycles. The number of carbonyl (C=O) groups is 2. The van der Waals surface area contributed by atoms with Gasteiger partial charge in [-0.05, 0) is 25.0 Å². The fourth-order valence-corrected chi connectivity index (χ4v) is 2.22. The van der Waals surface area contributed by atoms with Crippen molar-refractivity contribution < 1.29 is 18.4 Å². The largest absolute Gasteiger partial charge is 0.324 e. The van der Waals surface area contributed by atoms with Crippen molar-refractivity contribution in [3.8, 4) is 0 Å². The number of rotatable bonds is 4. The van der Waals surface area contributed by atoms with E-state index in [2.05, 4.69) is 0 Å². The molecule has 2 rings (SSSR count). The summed E-state index contributed by atoms with van der Waals surface area (Å²) in [5.41, 5.74) is 5.20. The third-order valence-corrected chi connectivity index (χ3v) is 3.89. The van der Waals surface area contributed by atoms with Crippen molar-refractivity contribution in [2.75, 3.05) is 6.54 Å². The standard InChI is InChI=1S/C14H16F2N2O2/c1-3-14(17,4-2)7-18-12(19)8-5-10(15)11(16)6-9(8)13(18)20/h5-6H,3-4,7,17H2,1-2H3. The number of halogens is 2. The number of carbonyl (C=O) groups excluding carboxylic acids is 2. The monoisotopic (exact) mass is 282 g/mol. The quantitative estimate of drug-likeness (QED) is 0.860. The van der Waals surface area contributed by atoms with Gasteiger partial charge in [-0.2, -0.15) is 0 Å². The molecule has 0 unspecified atom stereocenters. The minimum absolute atomic E-state index is 0.0373. The number of nitrogens with two attached hydrogens (primary N) is 1. The summed E-state index contributed by atoms with van der Waals surface area (Å²) in [5.74, 6) is -3.53. The first-order valence-corrected chi connectivity index (χ1v) is 6.47. The number of nitrogens with zero attached hydrogens (tertiary/aromatic N) is 1. The Bertz CT molecular complexity index is 542. The van der Waals surface area contributed by atoms with E-state index in [1.54, 1.807) is 0 Å². The molecule has 0 spiro atoms. The van der Waals surface area contributed by atoms with E-state index in [1.165, 1.54) is 0 Å². The van der Waals surface area contributed by atoms with Gasteiger partial charge in [0, 0.05) is 12.1 Å². The highest BCUT2D eigenvalue weighted by Crippen LogP contribution is 2.27. The van der Waals surface area contributed by atoms with E-state index in [0.717, 1.165) is 17.0 Å². The van der Waals surface area contributed by atoms with Crippen LogP contribution in [0.25, 0.3) is 0 Å². The maximum atomic E-state index is 13.2. The molecule has 0 atom stereocenters. The van der Waals surface area contributed by atoms with Gasteiger partial charge in [-0.25, -0.2) is 8.78 Å². The van der Waals surface area contributed by atoms with Gasteiger partial charge in [0.1, 0.15) is 0 Å². The van der Waals surface area contributed by atoms with Gasteiger partial charge < -0.3 is 5.73 Å². The second-order valence-electron chi connectivity index (χ2n) is 5.08. The predicted molar refractivity (Wildman–Crippen MR) is 69.2 cm³/mol. The third-order valence-electron chi connectivity index (χ3n) is 3.89. The molecule has 1 aliphatic rings. The van der Waals surface area contributed by atoms with Gasteiger partial charge in [0.2, 0.25) is 0 Å². The van der Waals surface area contributed by atoms with Crippen molar-refractivity contribution in [2.45, 2.75) is 32.2 Å². The van der Waals surface area contributed by atoms with Gasteiger partial charge in [-0.1, -0.05) is 13.8 Å². The van der Waals surface area contributed by atoms with E-state index in [0.29, 0.717) is 12.8 Å². The zero-order valence-electron chi connectivity index (χ0n) is 11.4. The molecule has 0 saturated heterocycles. The summed E-state index contributed by atoms with van der Waals surface area (Å²) in [4.78, 5) is 25.3. The lowest BCUT2D eigenvalue weighted by molar-refractivity contribution is 0.0611. The number of amides is 2. The number of hydrogen-bond donors (Lipinski definition) is 1. The van der Waals surface area contributed by atoms with Crippen molar-refractivity contribution in [3.05, 3.63) is 34.9 Å². The lowest BCUT2D eigenvalue weighted by Crippen LogP contribution is -2.51. The summed E-state index contributed by atoms with van der Waals surface area (Å²) < 4.78 is 26.4. The van der Waals surface area contributed by atoms with Crippen molar-refractivity contribution in [1.82, 2.24) is 4.90 Å². The minimum atomic E-state index is -1.14. The maximum Gasteiger partial charge on any atom is 0.261 e. The Balaban J connectivity index is 2.38. The van der Waals surface area contributed by atoms with Crippen molar-refractivity contribution in [1.29, 1.82) is 0 Å². The Kier molecular flexibility index (Phi) is 3.60. The molecule has 1 heterocycles. The highest BCUT2D eigenvalue weighted by atomic mass is 19.2. The first-order chi connectivity index (χ1) is 9.33. The van der Waals surface area contributed by atoms with Crippen LogP contribution < -0.4 is 5.73 Å². The average Bonchev–Trinajstić information content (AvgIpc) is 2.65. The lowest BCUT2D eigenvalue weighted by Gasteiger charge is -2.30. The number of hydrogen-bond acceptors (Lipinski definition) is 3. The molecule has 1 aromatic rings. The van der Waals surface area contributed by atoms with Crippen LogP contribution >= 0.6 is 0 Å². The molecule has 0 aromatic heterocycles. The van der Waals surface area contributed by atoms with Gasteiger partial charge >= 0.3 is 0 Å². The second-order valence-corrected chi connectivity index (χ2v) is 5.08. The van der Waals surface area contributed by atoms with Gasteiger partial charge in [-0.3, -0.25) is 14.5 Å². The fraction of sp³-hybridized carbons (Fsp3) is 0.429. The van der Waals surface area contributed by atoms with Crippen molar-refractivity contribution in [3.63, 3.8) is 0 Å². The molecule has 0 radical (unpaired) electrons. The molecule has 20 heavy (non-hydrogen) atoms. The summed E-state index contributed by atoms with van der Waals surface area (Å²) in [6.07, 6.45) is 1.17. The molecule has 2 amide bonds. The molecule has 0 fully saturated rings. The maximum absolute atomic E-state index is 13.2. The predicted octanol–water partition coefficient (Wildman–Crippen LogP) is 2.08. The molecule has 6 heteroatoms. The van der Waals surface area contributed by atoms with E-state index in [-0.39, 0.29) is 17.7 Å². The van der Waals surface area contributed by atoms with Gasteiger partial charge in [-0.15, -0.1) is 0 Å². The topological polar surface area (TPSA) is 63.4 Å². The van der Waals surface area contributed by atoms with Crippen LogP contribution in [0.4, 0.5) is 8.78 Å². The molecule has 1 aromatic carbocycles. The van der Waals surface area contributed by atoms with Gasteiger partial charge in [0.05, 0.1) is 11.1 Å². The van der Waals surface area contributed by atoms with E-state index < -0.39 is 29.0 Å². The molecule has 1 aliphatic heterocycles. The molecule has 0 bridgehead atoms. The van der Waals surface area contributed by atoms with Crippen LogP contribution in [0.2, 0.25) is 0 Å². The Hall–Kier alpha value is -1.82. The normalized spacial score (nSPS) is 14.9. The number of fused-ring (bicyclic) bond motifs is 1. The first-order valence-electron chi connectivity index (χ1n) is 6.47. The average molecular weight is 282 g/mol. The van der Waals surface area contributed by atoms with Crippen LogP contribution in [0.1, 0.15) is 47.4 Å². The Morgan fingerprint density at radius 2 is 1.45 bits per heavy atom. The van der Waals surface area contributed by atoms with Crippen LogP contribution in [-0.2, 0) is 0 Å². The molecule has 4 nitrogen and oxygen atoms in total. The van der Waals surface area contributed by atoms with E-state index in [4.69, 9.17) is 5.73 Å². The zero-order valence-corrected chi connectivity index (χ0v) is 11.4. The fourth-order valence-electron chi connectivity index (χ4n) is 2.22. The number of benzene rings is 1. The Labute approximate surface area is 115 Å².